The van der Waals surface area contributed by atoms with Gasteiger partial charge in [-0.1, -0.05) is 18.5 Å². The van der Waals surface area contributed by atoms with Crippen molar-refractivity contribution in [2.24, 2.45) is 5.92 Å². The van der Waals surface area contributed by atoms with Crippen LogP contribution in [0.25, 0.3) is 11.2 Å². The molecule has 1 atom stereocenters. The maximum Gasteiger partial charge on any atom is 0.306 e. The minimum atomic E-state index is -0.881. The molecule has 2 aromatic heterocycles. The lowest BCUT2D eigenvalue weighted by Gasteiger charge is -2.00. The smallest absolute Gasteiger partial charge is 0.306 e. The first kappa shape index (κ1) is 10.9. The molecule has 1 unspecified atom stereocenters. The molecule has 0 saturated heterocycles. The first-order valence-corrected chi connectivity index (χ1v) is 5.08. The van der Waals surface area contributed by atoms with E-state index in [0.717, 1.165) is 0 Å². The zero-order valence-corrected chi connectivity index (χ0v) is 9.23. The van der Waals surface area contributed by atoms with E-state index in [1.165, 1.54) is 6.20 Å². The molecule has 0 aliphatic carbocycles. The van der Waals surface area contributed by atoms with Crippen LogP contribution in [0, 0.1) is 5.92 Å². The van der Waals surface area contributed by atoms with Crippen molar-refractivity contribution in [3.63, 3.8) is 0 Å². The molecule has 84 valence electrons. The Bertz CT molecular complexity index is 538. The van der Waals surface area contributed by atoms with E-state index in [0.29, 0.717) is 22.1 Å². The van der Waals surface area contributed by atoms with E-state index in [1.807, 2.05) is 0 Å². The summed E-state index contributed by atoms with van der Waals surface area (Å²) >= 11 is 5.75. The quantitative estimate of drug-likeness (QED) is 0.890. The lowest BCUT2D eigenvalue weighted by molar-refractivity contribution is -0.141. The second kappa shape index (κ2) is 4.09. The second-order valence-corrected chi connectivity index (χ2v) is 3.97. The largest absolute Gasteiger partial charge is 0.481 e. The van der Waals surface area contributed by atoms with Gasteiger partial charge in [-0.3, -0.25) is 4.79 Å². The van der Waals surface area contributed by atoms with Crippen LogP contribution in [0.4, 0.5) is 0 Å². The van der Waals surface area contributed by atoms with Crippen molar-refractivity contribution in [1.29, 1.82) is 0 Å². The highest BCUT2D eigenvalue weighted by Crippen LogP contribution is 2.18. The Hall–Kier alpha value is -1.62. The molecule has 0 bridgehead atoms. The summed E-state index contributed by atoms with van der Waals surface area (Å²) in [5.41, 5.74) is 0.914. The Kier molecular flexibility index (Phi) is 2.78. The van der Waals surface area contributed by atoms with Crippen molar-refractivity contribution < 1.29 is 14.3 Å². The summed E-state index contributed by atoms with van der Waals surface area (Å²) in [6.07, 6.45) is 1.70. The molecular formula is C10H9ClN2O3. The Balaban J connectivity index is 2.29. The van der Waals surface area contributed by atoms with Gasteiger partial charge >= 0.3 is 5.97 Å². The lowest BCUT2D eigenvalue weighted by atomic mass is 10.1. The standard InChI is InChI=1S/C10H9ClN2O3/c1-5(10(14)15)2-8-13-7-3-6(11)4-12-9(7)16-8/h3-5H,2H2,1H3,(H,14,15). The van der Waals surface area contributed by atoms with Crippen LogP contribution in [0.15, 0.2) is 16.7 Å². The molecule has 5 nitrogen and oxygen atoms in total. The third-order valence-electron chi connectivity index (χ3n) is 2.16. The Morgan fingerprint density at radius 1 is 1.69 bits per heavy atom. The zero-order chi connectivity index (χ0) is 11.7. The molecular weight excluding hydrogens is 232 g/mol. The highest BCUT2D eigenvalue weighted by Gasteiger charge is 2.16. The second-order valence-electron chi connectivity index (χ2n) is 3.53. The maximum absolute atomic E-state index is 10.7. The fraction of sp³-hybridized carbons (Fsp3) is 0.300. The predicted molar refractivity (Wildman–Crippen MR) is 57.3 cm³/mol. The van der Waals surface area contributed by atoms with Crippen LogP contribution in [-0.4, -0.2) is 21.0 Å². The van der Waals surface area contributed by atoms with Crippen molar-refractivity contribution >= 4 is 28.8 Å². The number of halogens is 1. The van der Waals surface area contributed by atoms with Crippen molar-refractivity contribution in [2.45, 2.75) is 13.3 Å². The van der Waals surface area contributed by atoms with Gasteiger partial charge < -0.3 is 9.52 Å². The van der Waals surface area contributed by atoms with Crippen molar-refractivity contribution in [2.75, 3.05) is 0 Å². The minimum Gasteiger partial charge on any atom is -0.481 e. The van der Waals surface area contributed by atoms with Crippen LogP contribution in [0.3, 0.4) is 0 Å². The van der Waals surface area contributed by atoms with E-state index in [4.69, 9.17) is 21.1 Å². The van der Waals surface area contributed by atoms with Gasteiger partial charge in [-0.05, 0) is 6.07 Å². The number of oxazole rings is 1. The predicted octanol–water partition coefficient (Wildman–Crippen LogP) is 2.14. The Morgan fingerprint density at radius 2 is 2.44 bits per heavy atom. The molecule has 16 heavy (non-hydrogen) atoms. The zero-order valence-electron chi connectivity index (χ0n) is 8.48. The molecule has 0 aliphatic rings. The number of pyridine rings is 1. The van der Waals surface area contributed by atoms with E-state index in [-0.39, 0.29) is 6.42 Å². The highest BCUT2D eigenvalue weighted by atomic mass is 35.5. The average Bonchev–Trinajstić information content (AvgIpc) is 2.58. The molecule has 0 radical (unpaired) electrons. The SMILES string of the molecule is CC(Cc1nc2cc(Cl)cnc2o1)C(=O)O. The van der Waals surface area contributed by atoms with Gasteiger partial charge in [0, 0.05) is 12.6 Å². The number of carbonyl (C=O) groups is 1. The molecule has 0 spiro atoms. The van der Waals surface area contributed by atoms with Crippen molar-refractivity contribution in [3.8, 4) is 0 Å². The topological polar surface area (TPSA) is 76.2 Å². The van der Waals surface area contributed by atoms with Gasteiger partial charge in [0.15, 0.2) is 5.89 Å². The third-order valence-corrected chi connectivity index (χ3v) is 2.37. The van der Waals surface area contributed by atoms with E-state index in [2.05, 4.69) is 9.97 Å². The number of hydrogen-bond donors (Lipinski definition) is 1. The normalized spacial score (nSPS) is 12.9. The number of carboxylic acid groups (broad SMARTS) is 1. The van der Waals surface area contributed by atoms with Crippen molar-refractivity contribution in [3.05, 3.63) is 23.2 Å². The molecule has 2 aromatic rings. The van der Waals surface area contributed by atoms with Crippen LogP contribution >= 0.6 is 11.6 Å². The molecule has 0 amide bonds. The van der Waals surface area contributed by atoms with Gasteiger partial charge in [-0.2, -0.15) is 0 Å². The Labute approximate surface area is 96.1 Å². The lowest BCUT2D eigenvalue weighted by Crippen LogP contribution is -2.12. The van der Waals surface area contributed by atoms with Gasteiger partial charge in [-0.15, -0.1) is 0 Å². The summed E-state index contributed by atoms with van der Waals surface area (Å²) in [6, 6.07) is 1.63. The van der Waals surface area contributed by atoms with Gasteiger partial charge in [0.1, 0.15) is 5.52 Å². The van der Waals surface area contributed by atoms with Crippen LogP contribution < -0.4 is 0 Å². The number of aromatic nitrogens is 2. The Morgan fingerprint density at radius 3 is 3.12 bits per heavy atom. The summed E-state index contributed by atoms with van der Waals surface area (Å²) in [6.45, 7) is 1.59. The van der Waals surface area contributed by atoms with E-state index in [9.17, 15) is 4.79 Å². The summed E-state index contributed by atoms with van der Waals surface area (Å²) in [5.74, 6) is -1.06. The summed E-state index contributed by atoms with van der Waals surface area (Å²) in [5, 5.41) is 9.23. The monoisotopic (exact) mass is 240 g/mol. The molecule has 0 fully saturated rings. The highest BCUT2D eigenvalue weighted by molar-refractivity contribution is 6.30. The van der Waals surface area contributed by atoms with E-state index in [1.54, 1.807) is 13.0 Å². The van der Waals surface area contributed by atoms with E-state index < -0.39 is 11.9 Å². The molecule has 0 aliphatic heterocycles. The first-order chi connectivity index (χ1) is 7.56. The van der Waals surface area contributed by atoms with Gasteiger partial charge in [0.25, 0.3) is 0 Å². The average molecular weight is 241 g/mol. The fourth-order valence-corrected chi connectivity index (χ4v) is 1.43. The van der Waals surface area contributed by atoms with Crippen LogP contribution in [0.5, 0.6) is 0 Å². The van der Waals surface area contributed by atoms with Crippen LogP contribution in [0.1, 0.15) is 12.8 Å². The summed E-state index contributed by atoms with van der Waals surface area (Å²) < 4.78 is 5.30. The molecule has 2 rings (SSSR count). The molecule has 2 heterocycles. The number of rotatable bonds is 3. The summed E-state index contributed by atoms with van der Waals surface area (Å²) in [7, 11) is 0. The number of carboxylic acids is 1. The molecule has 6 heteroatoms. The fourth-order valence-electron chi connectivity index (χ4n) is 1.28. The molecule has 0 saturated carbocycles. The summed E-state index contributed by atoms with van der Waals surface area (Å²) in [4.78, 5) is 18.7. The van der Waals surface area contributed by atoms with Crippen LogP contribution in [0.2, 0.25) is 5.02 Å². The number of fused-ring (bicyclic) bond motifs is 1. The first-order valence-electron chi connectivity index (χ1n) is 4.70. The number of aliphatic carboxylic acids is 1. The minimum absolute atomic E-state index is 0.239. The molecule has 0 aromatic carbocycles. The van der Waals surface area contributed by atoms with Crippen molar-refractivity contribution in [1.82, 2.24) is 9.97 Å². The van der Waals surface area contributed by atoms with Crippen LogP contribution in [-0.2, 0) is 11.2 Å². The van der Waals surface area contributed by atoms with Gasteiger partial charge in [0.05, 0.1) is 10.9 Å². The van der Waals surface area contributed by atoms with Gasteiger partial charge in [-0.25, -0.2) is 9.97 Å². The van der Waals surface area contributed by atoms with E-state index >= 15 is 0 Å². The molecule has 1 N–H and O–H groups in total. The number of nitrogens with zero attached hydrogens (tertiary/aromatic N) is 2. The maximum atomic E-state index is 10.7. The third kappa shape index (κ3) is 2.14. The van der Waals surface area contributed by atoms with Gasteiger partial charge in [0.2, 0.25) is 5.71 Å². The number of hydrogen-bond acceptors (Lipinski definition) is 4.